The van der Waals surface area contributed by atoms with Crippen molar-refractivity contribution in [2.45, 2.75) is 32.7 Å². The maximum absolute atomic E-state index is 12.1. The molecule has 0 saturated carbocycles. The van der Waals surface area contributed by atoms with Crippen LogP contribution < -0.4 is 5.32 Å². The number of nitrogens with zero attached hydrogens (tertiary/aromatic N) is 1. The number of rotatable bonds is 7. The summed E-state index contributed by atoms with van der Waals surface area (Å²) in [5.74, 6) is 0.505. The van der Waals surface area contributed by atoms with E-state index in [0.29, 0.717) is 32.2 Å². The Morgan fingerprint density at radius 1 is 1.39 bits per heavy atom. The van der Waals surface area contributed by atoms with Crippen LogP contribution in [0.5, 0.6) is 0 Å². The average molecular weight is 258 g/mol. The van der Waals surface area contributed by atoms with Gasteiger partial charge in [0.2, 0.25) is 5.91 Å². The molecule has 1 aliphatic rings. The molecule has 2 atom stereocenters. The largest absolute Gasteiger partial charge is 0.396 e. The second-order valence-corrected chi connectivity index (χ2v) is 5.04. The normalized spacial score (nSPS) is 19.6. The maximum Gasteiger partial charge on any atom is 0.239 e. The zero-order valence-electron chi connectivity index (χ0n) is 11.5. The van der Waals surface area contributed by atoms with Crippen LogP contribution >= 0.6 is 0 Å². The van der Waals surface area contributed by atoms with E-state index < -0.39 is 0 Å². The molecular weight excluding hydrogens is 232 g/mol. The van der Waals surface area contributed by atoms with E-state index in [1.165, 1.54) is 0 Å². The molecule has 18 heavy (non-hydrogen) atoms. The van der Waals surface area contributed by atoms with Crippen molar-refractivity contribution in [3.05, 3.63) is 0 Å². The van der Waals surface area contributed by atoms with Gasteiger partial charge in [0.15, 0.2) is 0 Å². The molecule has 0 aromatic rings. The Balaban J connectivity index is 2.15. The van der Waals surface area contributed by atoms with E-state index in [1.807, 2.05) is 18.7 Å². The summed E-state index contributed by atoms with van der Waals surface area (Å²) in [6.45, 7) is 7.69. The minimum Gasteiger partial charge on any atom is -0.396 e. The van der Waals surface area contributed by atoms with Gasteiger partial charge in [-0.2, -0.15) is 0 Å². The summed E-state index contributed by atoms with van der Waals surface area (Å²) < 4.78 is 5.23. The molecule has 1 aliphatic heterocycles. The van der Waals surface area contributed by atoms with E-state index in [1.54, 1.807) is 0 Å². The molecule has 0 bridgehead atoms. The predicted molar refractivity (Wildman–Crippen MR) is 70.3 cm³/mol. The van der Waals surface area contributed by atoms with Crippen molar-refractivity contribution in [1.29, 1.82) is 0 Å². The van der Waals surface area contributed by atoms with Crippen LogP contribution in [-0.2, 0) is 9.53 Å². The van der Waals surface area contributed by atoms with Crippen molar-refractivity contribution in [1.82, 2.24) is 10.2 Å². The summed E-state index contributed by atoms with van der Waals surface area (Å²) >= 11 is 0. The van der Waals surface area contributed by atoms with Gasteiger partial charge >= 0.3 is 0 Å². The molecule has 0 aromatic carbocycles. The number of ether oxygens (including phenoxy) is 1. The van der Waals surface area contributed by atoms with E-state index in [-0.39, 0.29) is 18.6 Å². The number of carbonyl (C=O) groups is 1. The first kappa shape index (κ1) is 15.4. The highest BCUT2D eigenvalue weighted by Gasteiger charge is 2.21. The number of carbonyl (C=O) groups excluding carboxylic acids is 1. The second-order valence-electron chi connectivity index (χ2n) is 5.04. The van der Waals surface area contributed by atoms with E-state index in [4.69, 9.17) is 9.84 Å². The Bertz CT molecular complexity index is 242. The molecular formula is C13H26N2O3. The van der Waals surface area contributed by atoms with Crippen LogP contribution in [0.4, 0.5) is 0 Å². The van der Waals surface area contributed by atoms with Gasteiger partial charge in [0.05, 0.1) is 19.3 Å². The number of amides is 1. The highest BCUT2D eigenvalue weighted by Crippen LogP contribution is 2.04. The van der Waals surface area contributed by atoms with Gasteiger partial charge < -0.3 is 20.1 Å². The lowest BCUT2D eigenvalue weighted by atomic mass is 10.1. The molecule has 2 N–H and O–H groups in total. The number of hydrogen-bond donors (Lipinski definition) is 2. The molecule has 0 aromatic heterocycles. The van der Waals surface area contributed by atoms with Crippen molar-refractivity contribution < 1.29 is 14.6 Å². The highest BCUT2D eigenvalue weighted by atomic mass is 16.5. The van der Waals surface area contributed by atoms with Gasteiger partial charge in [-0.3, -0.25) is 4.79 Å². The van der Waals surface area contributed by atoms with Crippen LogP contribution in [0.2, 0.25) is 0 Å². The lowest BCUT2D eigenvalue weighted by Gasteiger charge is -2.29. The summed E-state index contributed by atoms with van der Waals surface area (Å²) in [6.07, 6.45) is 1.98. The number of aliphatic hydroxyl groups excluding tert-OH is 1. The quantitative estimate of drug-likeness (QED) is 0.642. The molecule has 1 amide bonds. The van der Waals surface area contributed by atoms with E-state index >= 15 is 0 Å². The van der Waals surface area contributed by atoms with Crippen molar-refractivity contribution in [2.24, 2.45) is 5.92 Å². The summed E-state index contributed by atoms with van der Waals surface area (Å²) in [6, 6.07) is -0.132. The van der Waals surface area contributed by atoms with Gasteiger partial charge in [-0.25, -0.2) is 0 Å². The molecule has 1 saturated heterocycles. The van der Waals surface area contributed by atoms with Gasteiger partial charge in [-0.05, 0) is 32.2 Å². The predicted octanol–water partition coefficient (Wildman–Crippen LogP) is 0.232. The number of hydrogen-bond acceptors (Lipinski definition) is 4. The number of morpholine rings is 1. The summed E-state index contributed by atoms with van der Waals surface area (Å²) in [4.78, 5) is 13.9. The summed E-state index contributed by atoms with van der Waals surface area (Å²) in [7, 11) is 0. The SMILES string of the molecule is CC(CO)CCCNC(C)C(=O)N1CCOCC1. The third-order valence-electron chi connectivity index (χ3n) is 3.33. The Kier molecular flexibility index (Phi) is 7.23. The number of nitrogens with one attached hydrogen (secondary N) is 1. The fourth-order valence-corrected chi connectivity index (χ4v) is 2.01. The van der Waals surface area contributed by atoms with E-state index in [2.05, 4.69) is 5.32 Å². The molecule has 5 heteroatoms. The van der Waals surface area contributed by atoms with Crippen LogP contribution in [-0.4, -0.2) is 61.4 Å². The van der Waals surface area contributed by atoms with Crippen molar-refractivity contribution in [2.75, 3.05) is 39.5 Å². The highest BCUT2D eigenvalue weighted by molar-refractivity contribution is 5.81. The molecule has 0 aliphatic carbocycles. The number of aliphatic hydroxyl groups is 1. The molecule has 1 fully saturated rings. The summed E-state index contributed by atoms with van der Waals surface area (Å²) in [5.41, 5.74) is 0. The average Bonchev–Trinajstić information content (AvgIpc) is 2.43. The molecule has 2 unspecified atom stereocenters. The van der Waals surface area contributed by atoms with Crippen molar-refractivity contribution in [3.63, 3.8) is 0 Å². The standard InChI is InChI=1S/C13H26N2O3/c1-11(10-16)4-3-5-14-12(2)13(17)15-6-8-18-9-7-15/h11-12,14,16H,3-10H2,1-2H3. The lowest BCUT2D eigenvalue weighted by Crippen LogP contribution is -2.49. The Morgan fingerprint density at radius 3 is 2.67 bits per heavy atom. The smallest absolute Gasteiger partial charge is 0.239 e. The van der Waals surface area contributed by atoms with Crippen molar-refractivity contribution >= 4 is 5.91 Å². The Hall–Kier alpha value is -0.650. The van der Waals surface area contributed by atoms with Gasteiger partial charge in [0, 0.05) is 19.7 Å². The molecule has 106 valence electrons. The topological polar surface area (TPSA) is 61.8 Å². The van der Waals surface area contributed by atoms with E-state index in [9.17, 15) is 4.79 Å². The minimum atomic E-state index is -0.132. The summed E-state index contributed by atoms with van der Waals surface area (Å²) in [5, 5.41) is 12.2. The zero-order chi connectivity index (χ0) is 13.4. The van der Waals surface area contributed by atoms with Gasteiger partial charge in [0.25, 0.3) is 0 Å². The van der Waals surface area contributed by atoms with Crippen LogP contribution in [0.3, 0.4) is 0 Å². The van der Waals surface area contributed by atoms with Crippen molar-refractivity contribution in [3.8, 4) is 0 Å². The minimum absolute atomic E-state index is 0.132. The first-order chi connectivity index (χ1) is 8.65. The fourth-order valence-electron chi connectivity index (χ4n) is 2.01. The van der Waals surface area contributed by atoms with Crippen LogP contribution in [0.15, 0.2) is 0 Å². The second kappa shape index (κ2) is 8.45. The molecule has 0 spiro atoms. The van der Waals surface area contributed by atoms with Crippen LogP contribution in [0.1, 0.15) is 26.7 Å². The van der Waals surface area contributed by atoms with Crippen LogP contribution in [0, 0.1) is 5.92 Å². The van der Waals surface area contributed by atoms with Crippen LogP contribution in [0.25, 0.3) is 0 Å². The fraction of sp³-hybridized carbons (Fsp3) is 0.923. The first-order valence-electron chi connectivity index (χ1n) is 6.86. The third-order valence-corrected chi connectivity index (χ3v) is 3.33. The maximum atomic E-state index is 12.1. The Labute approximate surface area is 109 Å². The molecule has 1 heterocycles. The molecule has 5 nitrogen and oxygen atoms in total. The van der Waals surface area contributed by atoms with Gasteiger partial charge in [-0.1, -0.05) is 6.92 Å². The Morgan fingerprint density at radius 2 is 2.06 bits per heavy atom. The first-order valence-corrected chi connectivity index (χ1v) is 6.86. The monoisotopic (exact) mass is 258 g/mol. The zero-order valence-corrected chi connectivity index (χ0v) is 11.5. The lowest BCUT2D eigenvalue weighted by molar-refractivity contribution is -0.137. The third kappa shape index (κ3) is 5.33. The molecule has 1 rings (SSSR count). The van der Waals surface area contributed by atoms with Gasteiger partial charge in [0.1, 0.15) is 0 Å². The molecule has 0 radical (unpaired) electrons. The van der Waals surface area contributed by atoms with Gasteiger partial charge in [-0.15, -0.1) is 0 Å². The van der Waals surface area contributed by atoms with E-state index in [0.717, 1.165) is 19.4 Å².